The van der Waals surface area contributed by atoms with Crippen molar-refractivity contribution >= 4 is 14.4 Å². The zero-order valence-corrected chi connectivity index (χ0v) is 5.67. The molecule has 1 N–H and O–H groups in total. The lowest BCUT2D eigenvalue weighted by Crippen LogP contribution is -2.31. The van der Waals surface area contributed by atoms with Crippen LogP contribution in [0.4, 0.5) is 0 Å². The van der Waals surface area contributed by atoms with Gasteiger partial charge >= 0.3 is 8.03 Å². The first-order valence-corrected chi connectivity index (χ1v) is 3.93. The Bertz CT molecular complexity index is 148. The fraction of sp³-hybridized carbons (Fsp3) is 0.750. The molecule has 0 aromatic heterocycles. The molecule has 0 radical (unpaired) electrons. The first kappa shape index (κ1) is 6.65. The normalized spacial score (nSPS) is 27.2. The van der Waals surface area contributed by atoms with Crippen LogP contribution in [0.15, 0.2) is 4.99 Å². The lowest BCUT2D eigenvalue weighted by atomic mass is 10.4. The fourth-order valence-corrected chi connectivity index (χ4v) is 1.16. The van der Waals surface area contributed by atoms with Crippen LogP contribution in [-0.4, -0.2) is 18.7 Å². The van der Waals surface area contributed by atoms with Crippen molar-refractivity contribution in [2.45, 2.75) is 12.2 Å². The van der Waals surface area contributed by atoms with E-state index in [1.54, 1.807) is 0 Å². The average molecular weight is 146 g/mol. The molecule has 0 fully saturated rings. The molecule has 1 aliphatic rings. The summed E-state index contributed by atoms with van der Waals surface area (Å²) in [5.41, 5.74) is 0. The summed E-state index contributed by atoms with van der Waals surface area (Å²) in [5, 5.41) is 2.63. The van der Waals surface area contributed by atoms with Gasteiger partial charge in [0.1, 0.15) is 0 Å². The number of nitrogens with zero attached hydrogens (tertiary/aromatic N) is 1. The average Bonchev–Trinajstić information content (AvgIpc) is 1.90. The second-order valence-corrected chi connectivity index (χ2v) is 2.99. The minimum Gasteiger partial charge on any atom is -0.594 e. The second-order valence-electron chi connectivity index (χ2n) is 1.79. The van der Waals surface area contributed by atoms with E-state index in [0.717, 1.165) is 0 Å². The summed E-state index contributed by atoms with van der Waals surface area (Å²) in [7, 11) is -2.32. The zero-order chi connectivity index (χ0) is 6.69. The lowest BCUT2D eigenvalue weighted by Gasteiger charge is -2.10. The standard InChI is InChI=1S/C4H7N2O2P/c7-9(8)4-1-2-5-3-6-4/h3-4H,1-2H2,(H,5,6). The number of nitrogens with one attached hydrogen (secondary N) is 1. The molecule has 0 saturated heterocycles. The predicted octanol–water partition coefficient (Wildman–Crippen LogP) is -0.563. The van der Waals surface area contributed by atoms with Crippen LogP contribution in [0.5, 0.6) is 0 Å². The third-order valence-corrected chi connectivity index (χ3v) is 2.06. The van der Waals surface area contributed by atoms with Gasteiger partial charge in [-0.05, 0) is 0 Å². The highest BCUT2D eigenvalue weighted by atomic mass is 31.1. The maximum atomic E-state index is 10.3. The van der Waals surface area contributed by atoms with Gasteiger partial charge < -0.3 is 10.2 Å². The van der Waals surface area contributed by atoms with Gasteiger partial charge in [-0.15, -0.1) is 0 Å². The molecule has 0 spiro atoms. The maximum Gasteiger partial charge on any atom is 0.334 e. The minimum absolute atomic E-state index is 0.391. The Morgan fingerprint density at radius 2 is 2.67 bits per heavy atom. The van der Waals surface area contributed by atoms with E-state index in [2.05, 4.69) is 10.3 Å². The smallest absolute Gasteiger partial charge is 0.334 e. The Morgan fingerprint density at radius 1 is 1.89 bits per heavy atom. The molecule has 9 heavy (non-hydrogen) atoms. The summed E-state index contributed by atoms with van der Waals surface area (Å²) in [4.78, 5) is 14.1. The largest absolute Gasteiger partial charge is 0.594 e. The Labute approximate surface area is 53.9 Å². The summed E-state index contributed by atoms with van der Waals surface area (Å²) >= 11 is 0. The Balaban J connectivity index is 2.44. The molecule has 0 saturated carbocycles. The van der Waals surface area contributed by atoms with Gasteiger partial charge in [0.15, 0.2) is 0 Å². The van der Waals surface area contributed by atoms with E-state index in [9.17, 15) is 9.46 Å². The number of hydrogen-bond acceptors (Lipinski definition) is 4. The van der Waals surface area contributed by atoms with Crippen LogP contribution in [0.1, 0.15) is 6.42 Å². The summed E-state index contributed by atoms with van der Waals surface area (Å²) in [6, 6.07) is 0. The van der Waals surface area contributed by atoms with Crippen LogP contribution in [-0.2, 0) is 4.57 Å². The molecule has 1 rings (SSSR count). The van der Waals surface area contributed by atoms with Crippen LogP contribution < -0.4 is 10.2 Å². The zero-order valence-electron chi connectivity index (χ0n) is 4.78. The molecule has 1 heterocycles. The molecule has 0 aliphatic carbocycles. The van der Waals surface area contributed by atoms with Crippen molar-refractivity contribution in [3.8, 4) is 0 Å². The highest BCUT2D eigenvalue weighted by Crippen LogP contribution is 2.18. The molecular weight excluding hydrogens is 139 g/mol. The van der Waals surface area contributed by atoms with Gasteiger partial charge in [-0.25, -0.2) is 0 Å². The second kappa shape index (κ2) is 2.90. The van der Waals surface area contributed by atoms with Crippen LogP contribution in [0.2, 0.25) is 0 Å². The van der Waals surface area contributed by atoms with E-state index < -0.39 is 13.8 Å². The van der Waals surface area contributed by atoms with Crippen LogP contribution in [0, 0.1) is 0 Å². The number of rotatable bonds is 1. The van der Waals surface area contributed by atoms with Gasteiger partial charge in [-0.3, -0.25) is 4.99 Å². The molecule has 1 aliphatic heterocycles. The van der Waals surface area contributed by atoms with Gasteiger partial charge in [0, 0.05) is 13.0 Å². The first-order valence-electron chi connectivity index (χ1n) is 2.68. The molecule has 2 unspecified atom stereocenters. The quantitative estimate of drug-likeness (QED) is 0.504. The Hall–Kier alpha value is -0.470. The molecule has 2 atom stereocenters. The highest BCUT2D eigenvalue weighted by molar-refractivity contribution is 7.37. The maximum absolute atomic E-state index is 10.3. The van der Waals surface area contributed by atoms with E-state index >= 15 is 0 Å². The van der Waals surface area contributed by atoms with Crippen molar-refractivity contribution in [1.29, 1.82) is 0 Å². The molecule has 0 amide bonds. The van der Waals surface area contributed by atoms with E-state index in [0.29, 0.717) is 13.0 Å². The SMILES string of the molecule is O=[P+]([O-])C1CCN=CN1. The molecule has 0 aromatic carbocycles. The van der Waals surface area contributed by atoms with Gasteiger partial charge in [-0.2, -0.15) is 0 Å². The van der Waals surface area contributed by atoms with E-state index in [1.807, 2.05) is 0 Å². The van der Waals surface area contributed by atoms with Gasteiger partial charge in [0.25, 0.3) is 0 Å². The van der Waals surface area contributed by atoms with Crippen LogP contribution in [0.25, 0.3) is 0 Å². The topological polar surface area (TPSA) is 64.5 Å². The number of hydrogen-bond donors (Lipinski definition) is 1. The highest BCUT2D eigenvalue weighted by Gasteiger charge is 2.20. The summed E-state index contributed by atoms with van der Waals surface area (Å²) in [5.74, 6) is -0.391. The third kappa shape index (κ3) is 1.73. The molecular formula is C4H7N2O2P. The van der Waals surface area contributed by atoms with E-state index in [4.69, 9.17) is 0 Å². The van der Waals surface area contributed by atoms with Crippen molar-refractivity contribution < 1.29 is 9.46 Å². The van der Waals surface area contributed by atoms with E-state index in [-0.39, 0.29) is 0 Å². The Morgan fingerprint density at radius 3 is 3.00 bits per heavy atom. The third-order valence-electron chi connectivity index (χ3n) is 1.14. The first-order chi connectivity index (χ1) is 4.30. The molecule has 4 nitrogen and oxygen atoms in total. The molecule has 0 aromatic rings. The van der Waals surface area contributed by atoms with Crippen molar-refractivity contribution in [3.63, 3.8) is 0 Å². The molecule has 5 heteroatoms. The lowest BCUT2D eigenvalue weighted by molar-refractivity contribution is -0.166. The van der Waals surface area contributed by atoms with Crippen molar-refractivity contribution in [2.75, 3.05) is 6.54 Å². The molecule has 50 valence electrons. The van der Waals surface area contributed by atoms with Crippen LogP contribution in [0.3, 0.4) is 0 Å². The molecule has 0 bridgehead atoms. The Kier molecular flexibility index (Phi) is 2.14. The fourth-order valence-electron chi connectivity index (χ4n) is 0.650. The van der Waals surface area contributed by atoms with Crippen molar-refractivity contribution in [1.82, 2.24) is 5.32 Å². The van der Waals surface area contributed by atoms with Gasteiger partial charge in [-0.1, -0.05) is 4.57 Å². The van der Waals surface area contributed by atoms with Crippen molar-refractivity contribution in [3.05, 3.63) is 0 Å². The van der Waals surface area contributed by atoms with Crippen molar-refractivity contribution in [2.24, 2.45) is 4.99 Å². The number of aliphatic imine (C=N–C) groups is 1. The summed E-state index contributed by atoms with van der Waals surface area (Å²) in [6.07, 6.45) is 2.04. The minimum atomic E-state index is -2.32. The van der Waals surface area contributed by atoms with Gasteiger partial charge in [0.05, 0.1) is 6.34 Å². The monoisotopic (exact) mass is 146 g/mol. The van der Waals surface area contributed by atoms with E-state index in [1.165, 1.54) is 6.34 Å². The summed E-state index contributed by atoms with van der Waals surface area (Å²) in [6.45, 7) is 0.612. The van der Waals surface area contributed by atoms with Gasteiger partial charge in [0.2, 0.25) is 5.78 Å². The predicted molar refractivity (Wildman–Crippen MR) is 32.5 cm³/mol. The summed E-state index contributed by atoms with van der Waals surface area (Å²) < 4.78 is 10.3. The van der Waals surface area contributed by atoms with Crippen LogP contribution >= 0.6 is 8.03 Å².